The van der Waals surface area contributed by atoms with E-state index in [1.54, 1.807) is 0 Å². The van der Waals surface area contributed by atoms with Crippen molar-refractivity contribution in [3.8, 4) is 0 Å². The fourth-order valence-corrected chi connectivity index (χ4v) is 4.85. The molecule has 4 bridgehead atoms. The number of hydrogen-bond acceptors (Lipinski definition) is 10. The Morgan fingerprint density at radius 3 is 0.773 bits per heavy atom. The number of carbonyl (C=O) groups is 4. The highest BCUT2D eigenvalue weighted by atomic mass is 16.5. The van der Waals surface area contributed by atoms with Crippen LogP contribution in [0.15, 0.2) is 36.9 Å². The van der Waals surface area contributed by atoms with Crippen LogP contribution in [0.3, 0.4) is 0 Å². The molecule has 3 rings (SSSR count). The first-order valence-electron chi connectivity index (χ1n) is 16.1. The van der Waals surface area contributed by atoms with Crippen LogP contribution < -0.4 is 0 Å². The Balaban J connectivity index is 1.43. The summed E-state index contributed by atoms with van der Waals surface area (Å²) in [5.41, 5.74) is 0.965. The van der Waals surface area contributed by atoms with Crippen molar-refractivity contribution in [2.75, 3.05) is 26.4 Å². The fourth-order valence-electron chi connectivity index (χ4n) is 4.85. The number of hydrogen-bond donors (Lipinski definition) is 0. The number of cyclic esters (lactones) is 4. The van der Waals surface area contributed by atoms with Crippen LogP contribution in [0.5, 0.6) is 0 Å². The number of nitrogens with zero attached hydrogens (tertiary/aromatic N) is 2. The van der Waals surface area contributed by atoms with E-state index in [4.69, 9.17) is 18.9 Å². The third-order valence-electron chi connectivity index (χ3n) is 7.43. The van der Waals surface area contributed by atoms with Gasteiger partial charge in [0.15, 0.2) is 0 Å². The smallest absolute Gasteiger partial charge is 0.339 e. The lowest BCUT2D eigenvalue weighted by atomic mass is 10.1. The summed E-state index contributed by atoms with van der Waals surface area (Å²) < 4.78 is 21.5. The van der Waals surface area contributed by atoms with Gasteiger partial charge in [0, 0.05) is 24.8 Å². The van der Waals surface area contributed by atoms with Gasteiger partial charge in [-0.3, -0.25) is 9.97 Å². The van der Waals surface area contributed by atoms with Crippen LogP contribution in [0, 0.1) is 0 Å². The van der Waals surface area contributed by atoms with Crippen LogP contribution in [0.4, 0.5) is 0 Å². The molecule has 2 aromatic heterocycles. The number of esters is 4. The van der Waals surface area contributed by atoms with Gasteiger partial charge in [0.05, 0.1) is 48.7 Å². The molecule has 0 saturated heterocycles. The van der Waals surface area contributed by atoms with Crippen molar-refractivity contribution in [3.05, 3.63) is 59.2 Å². The quantitative estimate of drug-likeness (QED) is 0.226. The van der Waals surface area contributed by atoms with Gasteiger partial charge in [-0.25, -0.2) is 19.2 Å². The number of aromatic nitrogens is 2. The highest BCUT2D eigenvalue weighted by Crippen LogP contribution is 2.13. The van der Waals surface area contributed by atoms with Crippen LogP contribution in [0.25, 0.3) is 0 Å². The summed E-state index contributed by atoms with van der Waals surface area (Å²) in [4.78, 5) is 57.7. The molecule has 10 nitrogen and oxygen atoms in total. The monoisotopic (exact) mass is 610 g/mol. The summed E-state index contributed by atoms with van der Waals surface area (Å²) in [7, 11) is 0. The predicted octanol–water partition coefficient (Wildman–Crippen LogP) is 7.06. The molecule has 0 atom stereocenters. The Hall–Kier alpha value is -3.82. The first-order chi connectivity index (χ1) is 21.5. The summed E-state index contributed by atoms with van der Waals surface area (Å²) in [6.07, 6.45) is 21.0. The summed E-state index contributed by atoms with van der Waals surface area (Å²) in [6, 6.07) is 2.94. The van der Waals surface area contributed by atoms with Gasteiger partial charge in [0.1, 0.15) is 0 Å². The SMILES string of the molecule is O=C1OCCCCCCCCCCOC(=O)c2cncc(c2)C(=O)OCCCCCCCCCCOC(=O)c2cncc1c2. The molecule has 0 N–H and O–H groups in total. The van der Waals surface area contributed by atoms with Crippen LogP contribution in [-0.4, -0.2) is 60.3 Å². The van der Waals surface area contributed by atoms with Gasteiger partial charge in [-0.05, 0) is 37.8 Å². The van der Waals surface area contributed by atoms with E-state index < -0.39 is 23.9 Å². The first-order valence-corrected chi connectivity index (χ1v) is 16.1. The lowest BCUT2D eigenvalue weighted by Gasteiger charge is -2.08. The second-order valence-electron chi connectivity index (χ2n) is 11.1. The minimum Gasteiger partial charge on any atom is -0.462 e. The van der Waals surface area contributed by atoms with Crippen LogP contribution in [0.2, 0.25) is 0 Å². The average Bonchev–Trinajstić information content (AvgIpc) is 3.05. The van der Waals surface area contributed by atoms with Gasteiger partial charge in [-0.1, -0.05) is 77.0 Å². The van der Waals surface area contributed by atoms with E-state index in [2.05, 4.69) is 9.97 Å². The number of carbonyl (C=O) groups excluding carboxylic acids is 4. The van der Waals surface area contributed by atoms with Crippen LogP contribution in [0.1, 0.15) is 144 Å². The van der Waals surface area contributed by atoms with Crippen molar-refractivity contribution in [2.45, 2.75) is 103 Å². The molecular formula is C34H46N2O8. The van der Waals surface area contributed by atoms with Gasteiger partial charge in [0.2, 0.25) is 0 Å². The van der Waals surface area contributed by atoms with Crippen LogP contribution in [-0.2, 0) is 18.9 Å². The van der Waals surface area contributed by atoms with Crippen molar-refractivity contribution in [1.82, 2.24) is 9.97 Å². The minimum atomic E-state index is -0.491. The standard InChI is InChI=1S/C34H46N2O8/c37-31-27-21-29(25-35-23-27)33(39)43-19-15-11-7-3-4-8-12-16-20-44-34(40)30-22-28(24-36-26-30)32(38)42-18-14-10-6-2-1-5-9-13-17-41-31/h21-26H,1-20H2. The minimum absolute atomic E-state index is 0.241. The Labute approximate surface area is 260 Å². The predicted molar refractivity (Wildman–Crippen MR) is 163 cm³/mol. The maximum absolute atomic E-state index is 12.4. The molecule has 0 spiro atoms. The van der Waals surface area contributed by atoms with Gasteiger partial charge in [-0.15, -0.1) is 0 Å². The number of ether oxygens (including phenoxy) is 4. The van der Waals surface area contributed by atoms with Crippen molar-refractivity contribution in [3.63, 3.8) is 0 Å². The number of pyridine rings is 2. The zero-order chi connectivity index (χ0) is 31.2. The lowest BCUT2D eigenvalue weighted by Crippen LogP contribution is -2.11. The van der Waals surface area contributed by atoms with E-state index >= 15 is 0 Å². The van der Waals surface area contributed by atoms with E-state index in [-0.39, 0.29) is 22.3 Å². The van der Waals surface area contributed by atoms with E-state index in [0.29, 0.717) is 26.4 Å². The molecule has 0 saturated carbocycles. The topological polar surface area (TPSA) is 131 Å². The van der Waals surface area contributed by atoms with Gasteiger partial charge in [-0.2, -0.15) is 0 Å². The first kappa shape index (κ1) is 34.7. The average molecular weight is 611 g/mol. The molecule has 1 aliphatic rings. The molecule has 0 amide bonds. The molecule has 1 aliphatic heterocycles. The largest absolute Gasteiger partial charge is 0.462 e. The molecule has 0 aliphatic carbocycles. The van der Waals surface area contributed by atoms with Gasteiger partial charge in [0.25, 0.3) is 0 Å². The third kappa shape index (κ3) is 13.7. The van der Waals surface area contributed by atoms with E-state index in [1.165, 1.54) is 36.9 Å². The Morgan fingerprint density at radius 2 is 0.545 bits per heavy atom. The van der Waals surface area contributed by atoms with Gasteiger partial charge < -0.3 is 18.9 Å². The molecule has 0 fully saturated rings. The third-order valence-corrected chi connectivity index (χ3v) is 7.43. The van der Waals surface area contributed by atoms with Crippen LogP contribution >= 0.6 is 0 Å². The molecule has 240 valence electrons. The molecule has 2 aromatic rings. The molecule has 3 heterocycles. The van der Waals surface area contributed by atoms with Crippen molar-refractivity contribution in [1.29, 1.82) is 0 Å². The van der Waals surface area contributed by atoms with Crippen molar-refractivity contribution < 1.29 is 38.1 Å². The molecule has 0 aromatic carbocycles. The second-order valence-corrected chi connectivity index (χ2v) is 11.1. The van der Waals surface area contributed by atoms with Gasteiger partial charge >= 0.3 is 23.9 Å². The maximum Gasteiger partial charge on any atom is 0.339 e. The highest BCUT2D eigenvalue weighted by molar-refractivity contribution is 5.95. The van der Waals surface area contributed by atoms with E-state index in [0.717, 1.165) is 103 Å². The van der Waals surface area contributed by atoms with Crippen molar-refractivity contribution >= 4 is 23.9 Å². The number of rotatable bonds is 0. The van der Waals surface area contributed by atoms with E-state index in [1.807, 2.05) is 0 Å². The zero-order valence-electron chi connectivity index (χ0n) is 25.8. The van der Waals surface area contributed by atoms with E-state index in [9.17, 15) is 19.2 Å². The highest BCUT2D eigenvalue weighted by Gasteiger charge is 2.15. The summed E-state index contributed by atoms with van der Waals surface area (Å²) in [6.45, 7) is 1.27. The maximum atomic E-state index is 12.4. The Morgan fingerprint density at radius 1 is 0.341 bits per heavy atom. The Bertz CT molecular complexity index is 1010. The molecule has 0 unspecified atom stereocenters. The molecule has 10 heteroatoms. The second kappa shape index (κ2) is 21.0. The molecule has 44 heavy (non-hydrogen) atoms. The fraction of sp³-hybridized carbons (Fsp3) is 0.588. The number of fused-ring (bicyclic) bond motifs is 4. The Kier molecular flexibility index (Phi) is 16.5. The summed E-state index contributed by atoms with van der Waals surface area (Å²) >= 11 is 0. The molecule has 0 radical (unpaired) electrons. The summed E-state index contributed by atoms with van der Waals surface area (Å²) in [5, 5.41) is 0. The molecular weight excluding hydrogens is 564 g/mol. The van der Waals surface area contributed by atoms with Crippen molar-refractivity contribution in [2.24, 2.45) is 0 Å². The summed E-state index contributed by atoms with van der Waals surface area (Å²) in [5.74, 6) is -1.96. The lowest BCUT2D eigenvalue weighted by molar-refractivity contribution is 0.0475. The zero-order valence-corrected chi connectivity index (χ0v) is 25.8. The normalized spacial score (nSPS) is 18.9.